The van der Waals surface area contributed by atoms with Crippen molar-refractivity contribution >= 4 is 17.4 Å². The van der Waals surface area contributed by atoms with E-state index in [2.05, 4.69) is 36.1 Å². The van der Waals surface area contributed by atoms with Crippen molar-refractivity contribution in [3.63, 3.8) is 0 Å². The standard InChI is InChI=1S/C15H24ClN3O/c1-9-12(16)18-14(15(2,3)4)19-13(9)17-8-10-5-6-11(20)7-10/h10-11,20H,5-8H2,1-4H3,(H,17,18,19). The Hall–Kier alpha value is -0.870. The van der Waals surface area contributed by atoms with E-state index in [1.807, 2.05) is 6.92 Å². The Bertz CT molecular complexity index is 485. The highest BCUT2D eigenvalue weighted by Gasteiger charge is 2.24. The maximum Gasteiger partial charge on any atom is 0.137 e. The lowest BCUT2D eigenvalue weighted by atomic mass is 9.95. The molecule has 0 bridgehead atoms. The monoisotopic (exact) mass is 297 g/mol. The van der Waals surface area contributed by atoms with Gasteiger partial charge in [0.25, 0.3) is 0 Å². The normalized spacial score (nSPS) is 23.1. The topological polar surface area (TPSA) is 58.0 Å². The molecule has 0 aromatic carbocycles. The Balaban J connectivity index is 2.12. The lowest BCUT2D eigenvalue weighted by Crippen LogP contribution is -2.20. The summed E-state index contributed by atoms with van der Waals surface area (Å²) in [5, 5.41) is 13.5. The Morgan fingerprint density at radius 3 is 2.55 bits per heavy atom. The van der Waals surface area contributed by atoms with Crippen molar-refractivity contribution in [1.29, 1.82) is 0 Å². The van der Waals surface area contributed by atoms with Crippen LogP contribution in [-0.4, -0.2) is 27.7 Å². The van der Waals surface area contributed by atoms with Crippen molar-refractivity contribution in [2.45, 2.75) is 58.5 Å². The molecule has 4 nitrogen and oxygen atoms in total. The van der Waals surface area contributed by atoms with Gasteiger partial charge in [0, 0.05) is 17.5 Å². The van der Waals surface area contributed by atoms with E-state index in [-0.39, 0.29) is 11.5 Å². The third kappa shape index (κ3) is 3.61. The number of halogens is 1. The molecule has 1 saturated carbocycles. The van der Waals surface area contributed by atoms with Crippen molar-refractivity contribution in [3.8, 4) is 0 Å². The van der Waals surface area contributed by atoms with Gasteiger partial charge in [-0.05, 0) is 32.1 Å². The lowest BCUT2D eigenvalue weighted by Gasteiger charge is -2.20. The number of hydrogen-bond acceptors (Lipinski definition) is 4. The molecule has 2 unspecified atom stereocenters. The fourth-order valence-electron chi connectivity index (χ4n) is 2.47. The fourth-order valence-corrected chi connectivity index (χ4v) is 2.64. The highest BCUT2D eigenvalue weighted by Crippen LogP contribution is 2.28. The highest BCUT2D eigenvalue weighted by atomic mass is 35.5. The van der Waals surface area contributed by atoms with E-state index in [9.17, 15) is 5.11 Å². The van der Waals surface area contributed by atoms with Crippen LogP contribution in [-0.2, 0) is 5.41 Å². The summed E-state index contributed by atoms with van der Waals surface area (Å²) < 4.78 is 0. The number of aromatic nitrogens is 2. The quantitative estimate of drug-likeness (QED) is 0.841. The zero-order valence-corrected chi connectivity index (χ0v) is 13.5. The predicted molar refractivity (Wildman–Crippen MR) is 82.3 cm³/mol. The van der Waals surface area contributed by atoms with Gasteiger partial charge in [0.2, 0.25) is 0 Å². The van der Waals surface area contributed by atoms with Crippen LogP contribution in [0, 0.1) is 12.8 Å². The summed E-state index contributed by atoms with van der Waals surface area (Å²) in [6.07, 6.45) is 2.71. The van der Waals surface area contributed by atoms with Gasteiger partial charge in [-0.1, -0.05) is 32.4 Å². The second-order valence-electron chi connectivity index (χ2n) is 6.78. The molecule has 0 amide bonds. The van der Waals surface area contributed by atoms with Gasteiger partial charge in [-0.2, -0.15) is 0 Å². The maximum atomic E-state index is 9.57. The molecule has 2 rings (SSSR count). The number of nitrogens with zero attached hydrogens (tertiary/aromatic N) is 2. The van der Waals surface area contributed by atoms with Crippen LogP contribution >= 0.6 is 11.6 Å². The molecule has 0 saturated heterocycles. The van der Waals surface area contributed by atoms with Gasteiger partial charge < -0.3 is 10.4 Å². The van der Waals surface area contributed by atoms with Crippen molar-refractivity contribution in [1.82, 2.24) is 9.97 Å². The zero-order valence-electron chi connectivity index (χ0n) is 12.7. The van der Waals surface area contributed by atoms with E-state index in [1.54, 1.807) is 0 Å². The molecule has 2 atom stereocenters. The van der Waals surface area contributed by atoms with E-state index in [0.29, 0.717) is 11.1 Å². The van der Waals surface area contributed by atoms with Gasteiger partial charge in [-0.3, -0.25) is 0 Å². The summed E-state index contributed by atoms with van der Waals surface area (Å²) in [4.78, 5) is 8.99. The summed E-state index contributed by atoms with van der Waals surface area (Å²) >= 11 is 6.21. The number of rotatable bonds is 3. The molecule has 1 fully saturated rings. The molecule has 5 heteroatoms. The average molecular weight is 298 g/mol. The number of anilines is 1. The highest BCUT2D eigenvalue weighted by molar-refractivity contribution is 6.30. The van der Waals surface area contributed by atoms with Crippen molar-refractivity contribution < 1.29 is 5.11 Å². The molecule has 20 heavy (non-hydrogen) atoms. The number of hydrogen-bond donors (Lipinski definition) is 2. The average Bonchev–Trinajstić information content (AvgIpc) is 2.75. The second-order valence-corrected chi connectivity index (χ2v) is 7.13. The van der Waals surface area contributed by atoms with E-state index in [1.165, 1.54) is 0 Å². The summed E-state index contributed by atoms with van der Waals surface area (Å²) in [5.74, 6) is 2.08. The van der Waals surface area contributed by atoms with Crippen LogP contribution in [0.3, 0.4) is 0 Å². The van der Waals surface area contributed by atoms with E-state index in [4.69, 9.17) is 11.6 Å². The lowest BCUT2D eigenvalue weighted by molar-refractivity contribution is 0.178. The molecular formula is C15H24ClN3O. The Kier molecular flexibility index (Phi) is 4.55. The van der Waals surface area contributed by atoms with Crippen molar-refractivity contribution in [3.05, 3.63) is 16.5 Å². The molecule has 112 valence electrons. The van der Waals surface area contributed by atoms with Crippen molar-refractivity contribution in [2.24, 2.45) is 5.92 Å². The molecule has 1 aromatic heterocycles. The predicted octanol–water partition coefficient (Wildman–Crippen LogP) is 3.31. The van der Waals surface area contributed by atoms with Crippen LogP contribution in [0.1, 0.15) is 51.4 Å². The van der Waals surface area contributed by atoms with Gasteiger partial charge in [-0.25, -0.2) is 9.97 Å². The first-order valence-electron chi connectivity index (χ1n) is 7.24. The first-order valence-corrected chi connectivity index (χ1v) is 7.61. The number of aliphatic hydroxyl groups excluding tert-OH is 1. The van der Waals surface area contributed by atoms with E-state index < -0.39 is 0 Å². The minimum atomic E-state index is -0.137. The second kappa shape index (κ2) is 5.86. The summed E-state index contributed by atoms with van der Waals surface area (Å²) in [7, 11) is 0. The molecule has 1 aliphatic carbocycles. The SMILES string of the molecule is Cc1c(Cl)nc(C(C)(C)C)nc1NCC1CCC(O)C1. The van der Waals surface area contributed by atoms with Gasteiger partial charge >= 0.3 is 0 Å². The molecule has 0 radical (unpaired) electrons. The Morgan fingerprint density at radius 2 is 2.00 bits per heavy atom. The minimum Gasteiger partial charge on any atom is -0.393 e. The fraction of sp³-hybridized carbons (Fsp3) is 0.733. The molecule has 1 aromatic rings. The molecule has 1 aliphatic rings. The first-order chi connectivity index (χ1) is 9.27. The maximum absolute atomic E-state index is 9.57. The summed E-state index contributed by atoms with van der Waals surface area (Å²) in [5.41, 5.74) is 0.760. The van der Waals surface area contributed by atoms with Gasteiger partial charge in [0.1, 0.15) is 16.8 Å². The smallest absolute Gasteiger partial charge is 0.137 e. The minimum absolute atomic E-state index is 0.128. The number of aliphatic hydroxyl groups is 1. The molecule has 0 spiro atoms. The van der Waals surface area contributed by atoms with Crippen LogP contribution in [0.5, 0.6) is 0 Å². The Labute approximate surface area is 126 Å². The third-order valence-corrected chi connectivity index (χ3v) is 4.20. The third-order valence-electron chi connectivity index (χ3n) is 3.83. The van der Waals surface area contributed by atoms with Crippen LogP contribution < -0.4 is 5.32 Å². The molecule has 2 N–H and O–H groups in total. The van der Waals surface area contributed by atoms with Crippen LogP contribution in [0.4, 0.5) is 5.82 Å². The molecule has 0 aliphatic heterocycles. The first kappa shape index (κ1) is 15.5. The van der Waals surface area contributed by atoms with Gasteiger partial charge in [0.05, 0.1) is 6.10 Å². The van der Waals surface area contributed by atoms with E-state index in [0.717, 1.165) is 43.0 Å². The van der Waals surface area contributed by atoms with E-state index >= 15 is 0 Å². The van der Waals surface area contributed by atoms with Crippen LogP contribution in [0.15, 0.2) is 0 Å². The van der Waals surface area contributed by atoms with Gasteiger partial charge in [-0.15, -0.1) is 0 Å². The van der Waals surface area contributed by atoms with Crippen LogP contribution in [0.25, 0.3) is 0 Å². The number of nitrogens with one attached hydrogen (secondary N) is 1. The largest absolute Gasteiger partial charge is 0.393 e. The van der Waals surface area contributed by atoms with Gasteiger partial charge in [0.15, 0.2) is 0 Å². The van der Waals surface area contributed by atoms with Crippen LogP contribution in [0.2, 0.25) is 5.15 Å². The summed E-state index contributed by atoms with van der Waals surface area (Å²) in [6.45, 7) is 8.98. The Morgan fingerprint density at radius 1 is 1.30 bits per heavy atom. The molecular weight excluding hydrogens is 274 g/mol. The zero-order chi connectivity index (χ0) is 14.9. The van der Waals surface area contributed by atoms with Crippen molar-refractivity contribution in [2.75, 3.05) is 11.9 Å². The molecule has 1 heterocycles. The summed E-state index contributed by atoms with van der Waals surface area (Å²) in [6, 6.07) is 0.